The molecule has 1 spiro atoms. The third-order valence-corrected chi connectivity index (χ3v) is 9.47. The Labute approximate surface area is 230 Å². The fourth-order valence-electron chi connectivity index (χ4n) is 7.08. The predicted molar refractivity (Wildman–Crippen MR) is 144 cm³/mol. The van der Waals surface area contributed by atoms with Crippen LogP contribution in [0.5, 0.6) is 0 Å². The van der Waals surface area contributed by atoms with Crippen molar-refractivity contribution in [1.29, 1.82) is 0 Å². The number of hydrogen-bond donors (Lipinski definition) is 1. The number of rotatable bonds is 5. The summed E-state index contributed by atoms with van der Waals surface area (Å²) in [6.07, 6.45) is 9.15. The van der Waals surface area contributed by atoms with Crippen molar-refractivity contribution < 1.29 is 27.6 Å². The quantitative estimate of drug-likeness (QED) is 0.347. The summed E-state index contributed by atoms with van der Waals surface area (Å²) in [5.41, 5.74) is 3.12. The smallest absolute Gasteiger partial charge is 0.417 e. The lowest BCUT2D eigenvalue weighted by Crippen LogP contribution is -2.42. The lowest BCUT2D eigenvalue weighted by atomic mass is 9.63. The number of aromatic nitrogens is 2. The number of carbonyl (C=O) groups is 1. The highest BCUT2D eigenvalue weighted by Gasteiger charge is 2.44. The zero-order valence-corrected chi connectivity index (χ0v) is 22.3. The van der Waals surface area contributed by atoms with E-state index in [1.807, 2.05) is 0 Å². The van der Waals surface area contributed by atoms with Crippen molar-refractivity contribution in [1.82, 2.24) is 10.1 Å². The number of pyridine rings is 1. The molecule has 210 valence electrons. The van der Waals surface area contributed by atoms with Crippen LogP contribution in [-0.2, 0) is 6.18 Å². The highest BCUT2D eigenvalue weighted by Crippen LogP contribution is 2.56. The highest BCUT2D eigenvalue weighted by molar-refractivity contribution is 5.93. The minimum Gasteiger partial charge on any atom is -0.477 e. The second kappa shape index (κ2) is 9.35. The minimum atomic E-state index is -4.68. The van der Waals surface area contributed by atoms with E-state index in [0.717, 1.165) is 38.1 Å². The van der Waals surface area contributed by atoms with Gasteiger partial charge in [-0.25, -0.2) is 9.78 Å². The number of carboxylic acid groups (broad SMARTS) is 1. The van der Waals surface area contributed by atoms with E-state index in [4.69, 9.17) is 4.52 Å². The van der Waals surface area contributed by atoms with Crippen molar-refractivity contribution in [3.8, 4) is 0 Å². The second-order valence-corrected chi connectivity index (χ2v) is 12.2. The molecule has 3 aliphatic carbocycles. The zero-order valence-electron chi connectivity index (χ0n) is 22.3. The van der Waals surface area contributed by atoms with Gasteiger partial charge in [-0.1, -0.05) is 30.5 Å². The average molecular weight is 552 g/mol. The molecule has 6 nitrogen and oxygen atoms in total. The maximum Gasteiger partial charge on any atom is 0.417 e. The normalized spacial score (nSPS) is 21.5. The summed E-state index contributed by atoms with van der Waals surface area (Å²) in [7, 11) is 0. The first-order chi connectivity index (χ1) is 19.2. The number of nitrogens with zero attached hydrogens (tertiary/aromatic N) is 3. The fourth-order valence-corrected chi connectivity index (χ4v) is 7.08. The summed E-state index contributed by atoms with van der Waals surface area (Å²) in [5, 5.41) is 13.8. The largest absolute Gasteiger partial charge is 0.477 e. The summed E-state index contributed by atoms with van der Waals surface area (Å²) >= 11 is 0. The Morgan fingerprint density at radius 1 is 1.02 bits per heavy atom. The fraction of sp³-hybridized carbons (Fsp3) is 0.516. The summed E-state index contributed by atoms with van der Waals surface area (Å²) in [6.45, 7) is 1.48. The maximum atomic E-state index is 13.8. The molecule has 0 atom stereocenters. The number of benzene rings is 1. The van der Waals surface area contributed by atoms with Gasteiger partial charge in [-0.15, -0.1) is 0 Å². The van der Waals surface area contributed by atoms with Crippen LogP contribution < -0.4 is 4.90 Å². The number of aromatic carboxylic acids is 1. The van der Waals surface area contributed by atoms with Gasteiger partial charge in [0.25, 0.3) is 0 Å². The topological polar surface area (TPSA) is 79.5 Å². The van der Waals surface area contributed by atoms with E-state index in [0.29, 0.717) is 23.6 Å². The van der Waals surface area contributed by atoms with Crippen molar-refractivity contribution in [3.63, 3.8) is 0 Å². The van der Waals surface area contributed by atoms with Gasteiger partial charge in [0.15, 0.2) is 0 Å². The van der Waals surface area contributed by atoms with Gasteiger partial charge >= 0.3 is 12.1 Å². The van der Waals surface area contributed by atoms with Crippen molar-refractivity contribution in [3.05, 3.63) is 58.6 Å². The molecule has 3 heterocycles. The molecule has 0 amide bonds. The Hall–Kier alpha value is -3.36. The van der Waals surface area contributed by atoms with Crippen LogP contribution in [0.3, 0.4) is 0 Å². The van der Waals surface area contributed by atoms with E-state index in [1.165, 1.54) is 73.9 Å². The average Bonchev–Trinajstić information content (AvgIpc) is 3.69. The van der Waals surface area contributed by atoms with Crippen molar-refractivity contribution in [2.24, 2.45) is 5.41 Å². The third-order valence-electron chi connectivity index (χ3n) is 9.47. The molecule has 7 rings (SSSR count). The van der Waals surface area contributed by atoms with Gasteiger partial charge in [-0.05, 0) is 80.2 Å². The number of carboxylic acids is 1. The summed E-state index contributed by atoms with van der Waals surface area (Å²) < 4.78 is 47.4. The number of halogens is 3. The van der Waals surface area contributed by atoms with Crippen LogP contribution in [-0.4, -0.2) is 34.3 Å². The number of piperidine rings is 1. The number of allylic oxidation sites excluding steroid dienone is 2. The molecular weight excluding hydrogens is 519 g/mol. The Morgan fingerprint density at radius 2 is 1.75 bits per heavy atom. The molecule has 1 N–H and O–H groups in total. The highest BCUT2D eigenvalue weighted by atomic mass is 19.4. The zero-order chi connectivity index (χ0) is 27.6. The predicted octanol–water partition coefficient (Wildman–Crippen LogP) is 7.94. The Bertz CT molecular complexity index is 1510. The summed E-state index contributed by atoms with van der Waals surface area (Å²) in [4.78, 5) is 17.4. The van der Waals surface area contributed by atoms with Crippen LogP contribution >= 0.6 is 0 Å². The molecule has 9 heteroatoms. The standard InChI is InChI=1S/C31H32F3N3O3/c32-31(33,34)23-15-25(29(38)39)35-24-9-8-21(14-22(23)24)37-12-10-30(11-13-37)16-20(17-30)26-27(18-4-2-1-3-5-18)36-40-28(26)19-6-7-19/h8-9,14-16,18-19H,1-7,10-13,17H2,(H,38,39). The molecule has 0 bridgehead atoms. The van der Waals surface area contributed by atoms with E-state index in [9.17, 15) is 23.1 Å². The molecule has 1 aliphatic heterocycles. The van der Waals surface area contributed by atoms with Crippen molar-refractivity contribution >= 4 is 28.1 Å². The first kappa shape index (κ1) is 25.6. The molecular formula is C31H32F3N3O3. The molecule has 3 aromatic rings. The SMILES string of the molecule is O=C(O)c1cc(C(F)(F)F)c2cc(N3CCC4(C=C(c5c(C6CCCCC6)noc5C5CC5)C4)CC3)ccc2n1. The van der Waals surface area contributed by atoms with Gasteiger partial charge < -0.3 is 14.5 Å². The number of hydrogen-bond acceptors (Lipinski definition) is 5. The van der Waals surface area contributed by atoms with E-state index >= 15 is 0 Å². The van der Waals surface area contributed by atoms with Gasteiger partial charge in [-0.2, -0.15) is 13.2 Å². The van der Waals surface area contributed by atoms with Gasteiger partial charge in [0.2, 0.25) is 0 Å². The van der Waals surface area contributed by atoms with Crippen molar-refractivity contribution in [2.45, 2.75) is 82.2 Å². The Kier molecular flexibility index (Phi) is 5.98. The molecule has 0 unspecified atom stereocenters. The molecule has 3 fully saturated rings. The minimum absolute atomic E-state index is 0.0324. The third kappa shape index (κ3) is 4.47. The van der Waals surface area contributed by atoms with Gasteiger partial charge in [-0.3, -0.25) is 0 Å². The lowest BCUT2D eigenvalue weighted by Gasteiger charge is -2.47. The number of anilines is 1. The summed E-state index contributed by atoms with van der Waals surface area (Å²) in [6, 6.07) is 5.38. The van der Waals surface area contributed by atoms with Crippen LogP contribution in [0.2, 0.25) is 0 Å². The molecule has 4 aliphatic rings. The molecule has 0 radical (unpaired) electrons. The van der Waals surface area contributed by atoms with E-state index in [2.05, 4.69) is 21.1 Å². The summed E-state index contributed by atoms with van der Waals surface area (Å²) in [5.74, 6) is 0.618. The first-order valence-corrected chi connectivity index (χ1v) is 14.4. The van der Waals surface area contributed by atoms with Gasteiger partial charge in [0, 0.05) is 41.6 Å². The van der Waals surface area contributed by atoms with Crippen LogP contribution in [0, 0.1) is 5.41 Å². The van der Waals surface area contributed by atoms with Crippen molar-refractivity contribution in [2.75, 3.05) is 18.0 Å². The van der Waals surface area contributed by atoms with E-state index < -0.39 is 23.4 Å². The molecule has 2 aromatic heterocycles. The van der Waals surface area contributed by atoms with Crippen LogP contribution in [0.15, 0.2) is 34.9 Å². The molecule has 1 saturated heterocycles. The van der Waals surface area contributed by atoms with Gasteiger partial charge in [0.05, 0.1) is 16.8 Å². The monoisotopic (exact) mass is 551 g/mol. The van der Waals surface area contributed by atoms with Gasteiger partial charge in [0.1, 0.15) is 11.5 Å². The van der Waals surface area contributed by atoms with E-state index in [1.54, 1.807) is 6.07 Å². The van der Waals surface area contributed by atoms with Crippen LogP contribution in [0.1, 0.15) is 109 Å². The Balaban J connectivity index is 1.12. The Morgan fingerprint density at radius 3 is 2.40 bits per heavy atom. The number of alkyl halides is 3. The lowest BCUT2D eigenvalue weighted by molar-refractivity contribution is -0.136. The number of fused-ring (bicyclic) bond motifs is 1. The molecule has 40 heavy (non-hydrogen) atoms. The maximum absolute atomic E-state index is 13.8. The van der Waals surface area contributed by atoms with Crippen LogP contribution in [0.4, 0.5) is 18.9 Å². The second-order valence-electron chi connectivity index (χ2n) is 12.2. The first-order valence-electron chi connectivity index (χ1n) is 14.4. The van der Waals surface area contributed by atoms with Crippen LogP contribution in [0.25, 0.3) is 16.5 Å². The molecule has 2 saturated carbocycles. The van der Waals surface area contributed by atoms with E-state index in [-0.39, 0.29) is 16.3 Å². The molecule has 1 aromatic carbocycles.